The molecule has 0 fully saturated rings. The van der Waals surface area contributed by atoms with Crippen LogP contribution in [0.4, 0.5) is 4.39 Å². The molecule has 2 aromatic carbocycles. The van der Waals surface area contributed by atoms with E-state index in [1.807, 2.05) is 0 Å². The van der Waals surface area contributed by atoms with Gasteiger partial charge in [-0.15, -0.1) is 0 Å². The van der Waals surface area contributed by atoms with Crippen LogP contribution in [0.3, 0.4) is 0 Å². The van der Waals surface area contributed by atoms with Gasteiger partial charge in [-0.1, -0.05) is 28.1 Å². The number of benzene rings is 2. The first-order chi connectivity index (χ1) is 9.08. The van der Waals surface area contributed by atoms with Crippen LogP contribution in [0.25, 0.3) is 0 Å². The largest absolute Gasteiger partial charge is 0.488 e. The Balaban J connectivity index is 2.19. The first-order valence-corrected chi connectivity index (χ1v) is 6.26. The van der Waals surface area contributed by atoms with Crippen molar-refractivity contribution in [3.8, 4) is 5.75 Å². The Labute approximate surface area is 117 Å². The number of para-hydroxylation sites is 1. The summed E-state index contributed by atoms with van der Waals surface area (Å²) < 4.78 is 19.6. The van der Waals surface area contributed by atoms with Crippen LogP contribution in [-0.4, -0.2) is 11.1 Å². The van der Waals surface area contributed by atoms with Crippen LogP contribution in [0.15, 0.2) is 46.9 Å². The van der Waals surface area contributed by atoms with E-state index < -0.39 is 11.8 Å². The number of carbonyl (C=O) groups is 1. The van der Waals surface area contributed by atoms with Crippen molar-refractivity contribution in [1.82, 2.24) is 0 Å². The Morgan fingerprint density at radius 3 is 2.74 bits per heavy atom. The Morgan fingerprint density at radius 2 is 2.00 bits per heavy atom. The van der Waals surface area contributed by atoms with E-state index in [1.54, 1.807) is 30.3 Å². The number of hydrogen-bond donors (Lipinski definition) is 1. The second-order valence-corrected chi connectivity index (χ2v) is 4.74. The summed E-state index contributed by atoms with van der Waals surface area (Å²) in [6, 6.07) is 10.8. The lowest BCUT2D eigenvalue weighted by Gasteiger charge is -2.09. The van der Waals surface area contributed by atoms with E-state index in [0.29, 0.717) is 5.56 Å². The molecule has 3 nitrogen and oxygen atoms in total. The van der Waals surface area contributed by atoms with Crippen molar-refractivity contribution in [1.29, 1.82) is 0 Å². The van der Waals surface area contributed by atoms with Crippen molar-refractivity contribution < 1.29 is 19.0 Å². The molecule has 0 saturated heterocycles. The highest BCUT2D eigenvalue weighted by molar-refractivity contribution is 9.10. The maximum absolute atomic E-state index is 13.5. The second kappa shape index (κ2) is 5.84. The molecule has 1 N–H and O–H groups in total. The predicted molar refractivity (Wildman–Crippen MR) is 71.8 cm³/mol. The SMILES string of the molecule is O=C(O)c1ccccc1OCc1cc(Br)ccc1F. The molecule has 0 unspecified atom stereocenters. The van der Waals surface area contributed by atoms with Gasteiger partial charge in [-0.2, -0.15) is 0 Å². The third kappa shape index (κ3) is 3.32. The summed E-state index contributed by atoms with van der Waals surface area (Å²) in [5.41, 5.74) is 0.410. The summed E-state index contributed by atoms with van der Waals surface area (Å²) in [5.74, 6) is -1.25. The molecule has 0 aliphatic heterocycles. The highest BCUT2D eigenvalue weighted by atomic mass is 79.9. The normalized spacial score (nSPS) is 10.2. The zero-order valence-corrected chi connectivity index (χ0v) is 11.4. The average Bonchev–Trinajstić information content (AvgIpc) is 2.40. The number of carboxylic acid groups (broad SMARTS) is 1. The summed E-state index contributed by atoms with van der Waals surface area (Å²) in [7, 11) is 0. The fourth-order valence-electron chi connectivity index (χ4n) is 1.58. The van der Waals surface area contributed by atoms with Gasteiger partial charge >= 0.3 is 5.97 Å². The van der Waals surface area contributed by atoms with E-state index in [0.717, 1.165) is 4.47 Å². The summed E-state index contributed by atoms with van der Waals surface area (Å²) in [5, 5.41) is 9.00. The summed E-state index contributed by atoms with van der Waals surface area (Å²) >= 11 is 3.24. The number of hydrogen-bond acceptors (Lipinski definition) is 2. The molecule has 0 aliphatic carbocycles. The average molecular weight is 325 g/mol. The van der Waals surface area contributed by atoms with Gasteiger partial charge in [-0.25, -0.2) is 9.18 Å². The van der Waals surface area contributed by atoms with Crippen LogP contribution >= 0.6 is 15.9 Å². The van der Waals surface area contributed by atoms with Crippen LogP contribution in [0.1, 0.15) is 15.9 Å². The Morgan fingerprint density at radius 1 is 1.26 bits per heavy atom. The van der Waals surface area contributed by atoms with E-state index in [-0.39, 0.29) is 17.9 Å². The fraction of sp³-hybridized carbons (Fsp3) is 0.0714. The number of ether oxygens (including phenoxy) is 1. The molecule has 0 radical (unpaired) electrons. The molecule has 0 aromatic heterocycles. The number of rotatable bonds is 4. The van der Waals surface area contributed by atoms with Crippen molar-refractivity contribution in [3.05, 3.63) is 63.9 Å². The Bertz CT molecular complexity index is 613. The number of halogens is 2. The van der Waals surface area contributed by atoms with E-state index in [2.05, 4.69) is 15.9 Å². The molecule has 0 spiro atoms. The molecule has 0 atom stereocenters. The molecule has 2 rings (SSSR count). The van der Waals surface area contributed by atoms with E-state index in [1.165, 1.54) is 12.1 Å². The second-order valence-electron chi connectivity index (χ2n) is 3.83. The van der Waals surface area contributed by atoms with Gasteiger partial charge in [0.1, 0.15) is 23.7 Å². The van der Waals surface area contributed by atoms with E-state index >= 15 is 0 Å². The number of aromatic carboxylic acids is 1. The minimum Gasteiger partial charge on any atom is -0.488 e. The first kappa shape index (κ1) is 13.5. The van der Waals surface area contributed by atoms with Crippen molar-refractivity contribution in [2.24, 2.45) is 0 Å². The lowest BCUT2D eigenvalue weighted by Crippen LogP contribution is -2.04. The predicted octanol–water partition coefficient (Wildman–Crippen LogP) is 3.87. The molecule has 0 aliphatic rings. The van der Waals surface area contributed by atoms with Crippen LogP contribution in [0.2, 0.25) is 0 Å². The van der Waals surface area contributed by atoms with Crippen LogP contribution < -0.4 is 4.74 Å². The van der Waals surface area contributed by atoms with Crippen molar-refractivity contribution in [2.45, 2.75) is 6.61 Å². The summed E-state index contributed by atoms with van der Waals surface area (Å²) in [6.07, 6.45) is 0. The lowest BCUT2D eigenvalue weighted by molar-refractivity contribution is 0.0691. The molecule has 0 bridgehead atoms. The third-order valence-corrected chi connectivity index (χ3v) is 3.00. The van der Waals surface area contributed by atoms with Crippen LogP contribution in [-0.2, 0) is 6.61 Å². The van der Waals surface area contributed by atoms with Gasteiger partial charge in [0.15, 0.2) is 0 Å². The lowest BCUT2D eigenvalue weighted by atomic mass is 10.2. The Hall–Kier alpha value is -1.88. The summed E-state index contributed by atoms with van der Waals surface area (Å²) in [4.78, 5) is 11.0. The van der Waals surface area contributed by atoms with Crippen LogP contribution in [0, 0.1) is 5.82 Å². The highest BCUT2D eigenvalue weighted by Gasteiger charge is 2.11. The van der Waals surface area contributed by atoms with Crippen LogP contribution in [0.5, 0.6) is 5.75 Å². The molecule has 19 heavy (non-hydrogen) atoms. The van der Waals surface area contributed by atoms with Gasteiger partial charge in [0.2, 0.25) is 0 Å². The maximum Gasteiger partial charge on any atom is 0.339 e. The van der Waals surface area contributed by atoms with Gasteiger partial charge < -0.3 is 9.84 Å². The molecule has 2 aromatic rings. The zero-order chi connectivity index (χ0) is 13.8. The first-order valence-electron chi connectivity index (χ1n) is 5.47. The van der Waals surface area contributed by atoms with Gasteiger partial charge in [0, 0.05) is 10.0 Å². The van der Waals surface area contributed by atoms with Crippen molar-refractivity contribution in [2.75, 3.05) is 0 Å². The zero-order valence-electron chi connectivity index (χ0n) is 9.77. The number of carboxylic acids is 1. The van der Waals surface area contributed by atoms with Gasteiger partial charge in [0.05, 0.1) is 0 Å². The quantitative estimate of drug-likeness (QED) is 0.928. The van der Waals surface area contributed by atoms with E-state index in [4.69, 9.17) is 9.84 Å². The molecule has 98 valence electrons. The molecular formula is C14H10BrFO3. The van der Waals surface area contributed by atoms with Crippen molar-refractivity contribution >= 4 is 21.9 Å². The monoisotopic (exact) mass is 324 g/mol. The molecule has 0 heterocycles. The molecule has 0 amide bonds. The minimum absolute atomic E-state index is 0.0322. The van der Waals surface area contributed by atoms with E-state index in [9.17, 15) is 9.18 Å². The van der Waals surface area contributed by atoms with Gasteiger partial charge in [0.25, 0.3) is 0 Å². The minimum atomic E-state index is -1.08. The Kier molecular flexibility index (Phi) is 4.16. The van der Waals surface area contributed by atoms with Gasteiger partial charge in [-0.3, -0.25) is 0 Å². The molecular weight excluding hydrogens is 315 g/mol. The fourth-order valence-corrected chi connectivity index (χ4v) is 1.99. The third-order valence-electron chi connectivity index (χ3n) is 2.51. The molecule has 5 heteroatoms. The smallest absolute Gasteiger partial charge is 0.339 e. The maximum atomic E-state index is 13.5. The van der Waals surface area contributed by atoms with Gasteiger partial charge in [-0.05, 0) is 30.3 Å². The topological polar surface area (TPSA) is 46.5 Å². The molecule has 0 saturated carbocycles. The standard InChI is InChI=1S/C14H10BrFO3/c15-10-5-6-12(16)9(7-10)8-19-13-4-2-1-3-11(13)14(17)18/h1-7H,8H2,(H,17,18). The highest BCUT2D eigenvalue weighted by Crippen LogP contribution is 2.21. The van der Waals surface area contributed by atoms with Crippen molar-refractivity contribution in [3.63, 3.8) is 0 Å². The summed E-state index contributed by atoms with van der Waals surface area (Å²) in [6.45, 7) is -0.0322.